The van der Waals surface area contributed by atoms with Gasteiger partial charge in [-0.3, -0.25) is 9.69 Å². The second kappa shape index (κ2) is 8.01. The fourth-order valence-corrected chi connectivity index (χ4v) is 3.88. The highest BCUT2D eigenvalue weighted by molar-refractivity contribution is 6.31. The van der Waals surface area contributed by atoms with Crippen molar-refractivity contribution in [3.05, 3.63) is 64.2 Å². The van der Waals surface area contributed by atoms with E-state index in [1.807, 2.05) is 0 Å². The summed E-state index contributed by atoms with van der Waals surface area (Å²) >= 11 is 6.30. The van der Waals surface area contributed by atoms with Gasteiger partial charge in [-0.25, -0.2) is 0 Å². The predicted octanol–water partition coefficient (Wildman–Crippen LogP) is 5.01. The SMILES string of the molecule is COc1cccc(C(c2cc(C(F)(F)F)ccc2Cl)N2CCCC2C(=O)O)c1. The zero-order chi connectivity index (χ0) is 20.5. The Balaban J connectivity index is 2.18. The van der Waals surface area contributed by atoms with E-state index < -0.39 is 29.8 Å². The molecule has 4 nitrogen and oxygen atoms in total. The summed E-state index contributed by atoms with van der Waals surface area (Å²) < 4.78 is 45.1. The third-order valence-corrected chi connectivity index (χ3v) is 5.28. The number of rotatable bonds is 5. The van der Waals surface area contributed by atoms with Crippen molar-refractivity contribution in [2.24, 2.45) is 0 Å². The van der Waals surface area contributed by atoms with Crippen molar-refractivity contribution >= 4 is 17.6 Å². The molecule has 1 aliphatic rings. The zero-order valence-electron chi connectivity index (χ0n) is 15.0. The van der Waals surface area contributed by atoms with Crippen molar-refractivity contribution < 1.29 is 27.8 Å². The van der Waals surface area contributed by atoms with Crippen molar-refractivity contribution in [3.63, 3.8) is 0 Å². The molecule has 2 aromatic rings. The number of hydrogen-bond donors (Lipinski definition) is 1. The van der Waals surface area contributed by atoms with Crippen LogP contribution >= 0.6 is 11.6 Å². The molecule has 2 atom stereocenters. The molecule has 0 radical (unpaired) electrons. The van der Waals surface area contributed by atoms with E-state index in [-0.39, 0.29) is 10.6 Å². The normalized spacial score (nSPS) is 18.8. The summed E-state index contributed by atoms with van der Waals surface area (Å²) in [5.41, 5.74) is 0.0116. The van der Waals surface area contributed by atoms with Gasteiger partial charge in [0.25, 0.3) is 0 Å². The van der Waals surface area contributed by atoms with Crippen LogP contribution in [0.5, 0.6) is 5.75 Å². The average Bonchev–Trinajstić information content (AvgIpc) is 3.12. The molecule has 28 heavy (non-hydrogen) atoms. The quantitative estimate of drug-likeness (QED) is 0.749. The summed E-state index contributed by atoms with van der Waals surface area (Å²) in [5, 5.41) is 9.75. The van der Waals surface area contributed by atoms with Gasteiger partial charge in [-0.15, -0.1) is 0 Å². The Morgan fingerprint density at radius 3 is 2.68 bits per heavy atom. The van der Waals surface area contributed by atoms with Gasteiger partial charge in [-0.1, -0.05) is 23.7 Å². The van der Waals surface area contributed by atoms with Crippen molar-refractivity contribution in [3.8, 4) is 5.75 Å². The predicted molar refractivity (Wildman–Crippen MR) is 98.7 cm³/mol. The Hall–Kier alpha value is -2.25. The molecule has 1 saturated heterocycles. The van der Waals surface area contributed by atoms with Crippen LogP contribution in [0, 0.1) is 0 Å². The van der Waals surface area contributed by atoms with Crippen LogP contribution in [-0.4, -0.2) is 35.7 Å². The number of aliphatic carboxylic acids is 1. The first-order valence-corrected chi connectivity index (χ1v) is 9.09. The Bertz CT molecular complexity index is 872. The van der Waals surface area contributed by atoms with Crippen LogP contribution in [-0.2, 0) is 11.0 Å². The van der Waals surface area contributed by atoms with Crippen molar-refractivity contribution in [2.45, 2.75) is 31.1 Å². The van der Waals surface area contributed by atoms with Gasteiger partial charge in [0.15, 0.2) is 0 Å². The molecular formula is C20H19ClF3NO3. The largest absolute Gasteiger partial charge is 0.497 e. The molecule has 8 heteroatoms. The molecule has 2 unspecified atom stereocenters. The van der Waals surface area contributed by atoms with Gasteiger partial charge in [0.05, 0.1) is 18.7 Å². The highest BCUT2D eigenvalue weighted by Crippen LogP contribution is 2.41. The molecule has 0 spiro atoms. The second-order valence-corrected chi connectivity index (χ2v) is 7.05. The van der Waals surface area contributed by atoms with E-state index in [0.29, 0.717) is 30.7 Å². The lowest BCUT2D eigenvalue weighted by atomic mass is 9.94. The topological polar surface area (TPSA) is 49.8 Å². The molecule has 0 aliphatic carbocycles. The molecule has 3 rings (SSSR count). The molecular weight excluding hydrogens is 395 g/mol. The van der Waals surface area contributed by atoms with E-state index in [1.165, 1.54) is 13.2 Å². The molecule has 1 heterocycles. The summed E-state index contributed by atoms with van der Waals surface area (Å²) in [7, 11) is 1.49. The van der Waals surface area contributed by atoms with E-state index in [9.17, 15) is 23.1 Å². The maximum Gasteiger partial charge on any atom is 0.416 e. The molecule has 1 N–H and O–H groups in total. The number of nitrogens with zero attached hydrogens (tertiary/aromatic N) is 1. The third kappa shape index (κ3) is 4.10. The van der Waals surface area contributed by atoms with E-state index in [0.717, 1.165) is 12.1 Å². The molecule has 0 amide bonds. The van der Waals surface area contributed by atoms with Gasteiger partial charge in [0.1, 0.15) is 11.8 Å². The summed E-state index contributed by atoms with van der Waals surface area (Å²) in [5.74, 6) is -0.481. The van der Waals surface area contributed by atoms with Crippen molar-refractivity contribution in [1.29, 1.82) is 0 Å². The molecule has 150 valence electrons. The molecule has 0 saturated carbocycles. The Kier molecular flexibility index (Phi) is 5.86. The molecule has 2 aromatic carbocycles. The first-order chi connectivity index (χ1) is 13.2. The number of methoxy groups -OCH3 is 1. The van der Waals surface area contributed by atoms with Gasteiger partial charge in [-0.05, 0) is 54.3 Å². The average molecular weight is 414 g/mol. The number of halogens is 4. The number of benzene rings is 2. The lowest BCUT2D eigenvalue weighted by Gasteiger charge is -2.33. The van der Waals surface area contributed by atoms with E-state index in [4.69, 9.17) is 16.3 Å². The van der Waals surface area contributed by atoms with E-state index in [2.05, 4.69) is 0 Å². The first-order valence-electron chi connectivity index (χ1n) is 8.71. The standard InChI is InChI=1S/C20H19ClF3NO3/c1-28-14-5-2-4-12(10-14)18(25-9-3-6-17(25)19(26)27)15-11-13(20(22,23)24)7-8-16(15)21/h2,4-5,7-8,10-11,17-18H,3,6,9H2,1H3,(H,26,27). The number of carboxylic acids is 1. The number of hydrogen-bond acceptors (Lipinski definition) is 3. The van der Waals surface area contributed by atoms with Crippen molar-refractivity contribution in [1.82, 2.24) is 4.90 Å². The Morgan fingerprint density at radius 1 is 1.29 bits per heavy atom. The van der Waals surface area contributed by atoms with Crippen LogP contribution in [0.4, 0.5) is 13.2 Å². The summed E-state index contributed by atoms with van der Waals surface area (Å²) in [6, 6.07) is 8.45. The van der Waals surface area contributed by atoms with Crippen LogP contribution in [0.1, 0.15) is 35.6 Å². The second-order valence-electron chi connectivity index (χ2n) is 6.65. The maximum atomic E-state index is 13.3. The van der Waals surface area contributed by atoms with Gasteiger partial charge in [0.2, 0.25) is 0 Å². The minimum atomic E-state index is -4.53. The van der Waals surface area contributed by atoms with Gasteiger partial charge >= 0.3 is 12.1 Å². The number of carbonyl (C=O) groups is 1. The Morgan fingerprint density at radius 2 is 2.04 bits per heavy atom. The van der Waals surface area contributed by atoms with E-state index >= 15 is 0 Å². The van der Waals surface area contributed by atoms with Gasteiger partial charge in [0, 0.05) is 11.6 Å². The highest BCUT2D eigenvalue weighted by Gasteiger charge is 2.39. The zero-order valence-corrected chi connectivity index (χ0v) is 15.8. The third-order valence-electron chi connectivity index (χ3n) is 4.94. The lowest BCUT2D eigenvalue weighted by Crippen LogP contribution is -2.39. The minimum Gasteiger partial charge on any atom is -0.497 e. The van der Waals surface area contributed by atoms with Crippen LogP contribution < -0.4 is 4.74 Å². The van der Waals surface area contributed by atoms with E-state index in [1.54, 1.807) is 29.2 Å². The molecule has 0 aromatic heterocycles. The van der Waals surface area contributed by atoms with Crippen molar-refractivity contribution in [2.75, 3.05) is 13.7 Å². The maximum absolute atomic E-state index is 13.3. The number of carboxylic acid groups (broad SMARTS) is 1. The molecule has 1 aliphatic heterocycles. The van der Waals surface area contributed by atoms with Crippen LogP contribution in [0.3, 0.4) is 0 Å². The molecule has 1 fully saturated rings. The smallest absolute Gasteiger partial charge is 0.416 e. The fraction of sp³-hybridized carbons (Fsp3) is 0.350. The number of ether oxygens (including phenoxy) is 1. The minimum absolute atomic E-state index is 0.150. The first kappa shape index (κ1) is 20.5. The van der Waals surface area contributed by atoms with Gasteiger partial charge in [-0.2, -0.15) is 13.2 Å². The molecule has 0 bridgehead atoms. The Labute approximate surface area is 165 Å². The van der Waals surface area contributed by atoms with Crippen LogP contribution in [0.25, 0.3) is 0 Å². The summed E-state index contributed by atoms with van der Waals surface area (Å²) in [6.45, 7) is 0.436. The van der Waals surface area contributed by atoms with Gasteiger partial charge < -0.3 is 9.84 Å². The monoisotopic (exact) mass is 413 g/mol. The van der Waals surface area contributed by atoms with Crippen LogP contribution in [0.15, 0.2) is 42.5 Å². The lowest BCUT2D eigenvalue weighted by molar-refractivity contribution is -0.143. The summed E-state index contributed by atoms with van der Waals surface area (Å²) in [4.78, 5) is 13.4. The number of likely N-dealkylation sites (tertiary alicyclic amines) is 1. The fourth-order valence-electron chi connectivity index (χ4n) is 3.65. The summed E-state index contributed by atoms with van der Waals surface area (Å²) in [6.07, 6.45) is -3.48. The highest BCUT2D eigenvalue weighted by atomic mass is 35.5. The van der Waals surface area contributed by atoms with Crippen LogP contribution in [0.2, 0.25) is 5.02 Å². The number of alkyl halides is 3.